The molecule has 0 spiro atoms. The lowest BCUT2D eigenvalue weighted by Crippen LogP contribution is -2.11. The SMILES string of the molecule is CCCCCCCCOc1cc(COC(=O)c2cc(O)ccc2-c2ccc(O)cc2C(=O)OCc2cc(OCCCCCCCC)c(OCCCCCCCC)c(OCCCCCCCC)c2)cc(OCCCCCCCC)c1OCCCCCCCC. The van der Waals surface area contributed by atoms with Gasteiger partial charge in [-0.25, -0.2) is 9.59 Å². The number of rotatable bonds is 55. The third-order valence-electron chi connectivity index (χ3n) is 16.1. The van der Waals surface area contributed by atoms with Crippen LogP contribution in [0.5, 0.6) is 46.0 Å². The van der Waals surface area contributed by atoms with E-state index in [4.69, 9.17) is 37.9 Å². The van der Waals surface area contributed by atoms with E-state index >= 15 is 0 Å². The summed E-state index contributed by atoms with van der Waals surface area (Å²) < 4.78 is 51.5. The number of phenols is 2. The van der Waals surface area contributed by atoms with Gasteiger partial charge in [-0.05, 0) is 121 Å². The molecule has 4 rings (SSSR count). The van der Waals surface area contributed by atoms with Crippen molar-refractivity contribution < 1.29 is 57.7 Å². The van der Waals surface area contributed by atoms with Crippen LogP contribution in [0.3, 0.4) is 0 Å². The Hall–Kier alpha value is -5.78. The highest BCUT2D eigenvalue weighted by Gasteiger charge is 2.25. The van der Waals surface area contributed by atoms with Crippen molar-refractivity contribution in [3.8, 4) is 57.1 Å². The van der Waals surface area contributed by atoms with Crippen LogP contribution in [0, 0.1) is 0 Å². The second-order valence-corrected chi connectivity index (χ2v) is 24.2. The molecular weight excluding hydrogens is 1100 g/mol. The molecule has 0 unspecified atom stereocenters. The Morgan fingerprint density at radius 1 is 0.295 bits per heavy atom. The third-order valence-corrected chi connectivity index (χ3v) is 16.1. The van der Waals surface area contributed by atoms with Crippen LogP contribution < -0.4 is 28.4 Å². The molecule has 0 heterocycles. The molecule has 2 N–H and O–H groups in total. The summed E-state index contributed by atoms with van der Waals surface area (Å²) in [6, 6.07) is 16.2. The van der Waals surface area contributed by atoms with Gasteiger partial charge in [-0.3, -0.25) is 0 Å². The van der Waals surface area contributed by atoms with Crippen LogP contribution in [0.2, 0.25) is 0 Å². The van der Waals surface area contributed by atoms with E-state index in [1.807, 2.05) is 24.3 Å². The molecule has 0 amide bonds. The van der Waals surface area contributed by atoms with Gasteiger partial charge < -0.3 is 48.1 Å². The summed E-state index contributed by atoms with van der Waals surface area (Å²) in [5.74, 6) is 1.57. The first-order valence-corrected chi connectivity index (χ1v) is 35.3. The van der Waals surface area contributed by atoms with Crippen LogP contribution in [0.1, 0.15) is 305 Å². The number of carbonyl (C=O) groups excluding carboxylic acids is 2. The number of esters is 2. The Morgan fingerprint density at radius 2 is 0.523 bits per heavy atom. The first kappa shape index (κ1) is 74.7. The lowest BCUT2D eigenvalue weighted by molar-refractivity contribution is 0.0461. The summed E-state index contributed by atoms with van der Waals surface area (Å²) in [5.41, 5.74) is 1.96. The van der Waals surface area contributed by atoms with Gasteiger partial charge in [0.15, 0.2) is 23.0 Å². The van der Waals surface area contributed by atoms with E-state index in [1.54, 1.807) is 12.1 Å². The fourth-order valence-electron chi connectivity index (χ4n) is 10.8. The molecular formula is C76H118O12. The van der Waals surface area contributed by atoms with Gasteiger partial charge in [0.1, 0.15) is 24.7 Å². The lowest BCUT2D eigenvalue weighted by atomic mass is 9.94. The molecule has 88 heavy (non-hydrogen) atoms. The second-order valence-electron chi connectivity index (χ2n) is 24.2. The molecule has 0 saturated carbocycles. The molecule has 4 aromatic carbocycles. The summed E-state index contributed by atoms with van der Waals surface area (Å²) >= 11 is 0. The van der Waals surface area contributed by atoms with Gasteiger partial charge in [0.25, 0.3) is 0 Å². The molecule has 0 saturated heterocycles. The molecule has 4 aromatic rings. The van der Waals surface area contributed by atoms with Crippen LogP contribution in [-0.2, 0) is 22.7 Å². The summed E-state index contributed by atoms with van der Waals surface area (Å²) in [4.78, 5) is 29.0. The normalized spacial score (nSPS) is 11.2. The Bertz CT molecular complexity index is 2220. The Morgan fingerprint density at radius 3 is 0.773 bits per heavy atom. The Kier molecular flexibility index (Phi) is 40.8. The van der Waals surface area contributed by atoms with E-state index < -0.39 is 11.9 Å². The maximum Gasteiger partial charge on any atom is 0.339 e. The maximum absolute atomic E-state index is 14.5. The number of phenolic OH excluding ortho intramolecular Hbond substituents is 2. The van der Waals surface area contributed by atoms with Gasteiger partial charge in [0, 0.05) is 0 Å². The quantitative estimate of drug-likeness (QED) is 0.0320. The number of aromatic hydroxyl groups is 2. The maximum atomic E-state index is 14.5. The highest BCUT2D eigenvalue weighted by Crippen LogP contribution is 2.42. The zero-order valence-electron chi connectivity index (χ0n) is 55.9. The fraction of sp³-hybridized carbons (Fsp3) is 0.658. The third kappa shape index (κ3) is 30.6. The van der Waals surface area contributed by atoms with Crippen molar-refractivity contribution in [2.45, 2.75) is 286 Å². The molecule has 0 radical (unpaired) electrons. The first-order chi connectivity index (χ1) is 43.2. The predicted molar refractivity (Wildman–Crippen MR) is 360 cm³/mol. The molecule has 12 nitrogen and oxygen atoms in total. The van der Waals surface area contributed by atoms with E-state index in [0.717, 1.165) is 103 Å². The van der Waals surface area contributed by atoms with Crippen molar-refractivity contribution in [1.82, 2.24) is 0 Å². The van der Waals surface area contributed by atoms with Gasteiger partial charge >= 0.3 is 11.9 Å². The average Bonchev–Trinajstić information content (AvgIpc) is 2.33. The molecule has 0 aromatic heterocycles. The van der Waals surface area contributed by atoms with Crippen LogP contribution in [-0.4, -0.2) is 61.8 Å². The van der Waals surface area contributed by atoms with Gasteiger partial charge in [0.2, 0.25) is 11.5 Å². The smallest absolute Gasteiger partial charge is 0.339 e. The van der Waals surface area contributed by atoms with Crippen LogP contribution >= 0.6 is 0 Å². The Balaban J connectivity index is 1.63. The summed E-state index contributed by atoms with van der Waals surface area (Å²) in [5, 5.41) is 21.8. The van der Waals surface area contributed by atoms with E-state index in [1.165, 1.54) is 153 Å². The molecule has 0 aliphatic heterocycles. The Labute approximate surface area is 532 Å². The zero-order valence-corrected chi connectivity index (χ0v) is 55.9. The van der Waals surface area contributed by atoms with Crippen LogP contribution in [0.25, 0.3) is 11.1 Å². The summed E-state index contributed by atoms with van der Waals surface area (Å²) in [6.45, 7) is 16.1. The van der Waals surface area contributed by atoms with E-state index in [-0.39, 0.29) is 35.8 Å². The summed E-state index contributed by atoms with van der Waals surface area (Å²) in [7, 11) is 0. The van der Waals surface area contributed by atoms with Crippen molar-refractivity contribution in [3.63, 3.8) is 0 Å². The highest BCUT2D eigenvalue weighted by atomic mass is 16.6. The monoisotopic (exact) mass is 1220 g/mol. The van der Waals surface area contributed by atoms with Crippen molar-refractivity contribution in [3.05, 3.63) is 82.9 Å². The second kappa shape index (κ2) is 48.1. The molecule has 0 bridgehead atoms. The van der Waals surface area contributed by atoms with Crippen LogP contribution in [0.4, 0.5) is 0 Å². The van der Waals surface area contributed by atoms with Crippen LogP contribution in [0.15, 0.2) is 60.7 Å². The predicted octanol–water partition coefficient (Wildman–Crippen LogP) is 21.9. The minimum Gasteiger partial charge on any atom is -0.508 e. The minimum absolute atomic E-state index is 0.0218. The average molecular weight is 1220 g/mol. The minimum atomic E-state index is -0.730. The fourth-order valence-corrected chi connectivity index (χ4v) is 10.8. The van der Waals surface area contributed by atoms with Gasteiger partial charge in [-0.2, -0.15) is 0 Å². The summed E-state index contributed by atoms with van der Waals surface area (Å²) in [6.07, 6.45) is 40.6. The molecule has 0 aliphatic carbocycles. The number of ether oxygens (including phenoxy) is 8. The standard InChI is InChI=1S/C76H118O12/c1-7-13-19-25-31-37-47-81-69-53-61(54-70(82-48-38-32-26-20-14-8-2)73(69)85-51-41-35-29-23-17-11-5)59-87-75(79)67-57-63(77)43-45-65(67)66-46-44-64(78)58-68(66)76(80)88-60-62-55-71(83-49-39-33-27-21-15-9-3)74(86-52-42-36-30-24-18-12-6)72(56-62)84-50-40-34-28-22-16-10-4/h43-46,53-58,77-78H,7-42,47-52,59-60H2,1-6H3. The lowest BCUT2D eigenvalue weighted by Gasteiger charge is -2.19. The van der Waals surface area contributed by atoms with E-state index in [9.17, 15) is 19.8 Å². The van der Waals surface area contributed by atoms with Gasteiger partial charge in [-0.15, -0.1) is 0 Å². The molecule has 0 atom stereocenters. The number of hydrogen-bond acceptors (Lipinski definition) is 12. The highest BCUT2D eigenvalue weighted by molar-refractivity contribution is 6.03. The number of benzene rings is 4. The van der Waals surface area contributed by atoms with E-state index in [0.29, 0.717) is 96.4 Å². The van der Waals surface area contributed by atoms with E-state index in [2.05, 4.69) is 41.5 Å². The number of carbonyl (C=O) groups is 2. The molecule has 494 valence electrons. The zero-order chi connectivity index (χ0) is 63.1. The van der Waals surface area contributed by atoms with Gasteiger partial charge in [-0.1, -0.05) is 234 Å². The molecule has 0 aliphatic rings. The largest absolute Gasteiger partial charge is 0.508 e. The first-order valence-electron chi connectivity index (χ1n) is 35.3. The van der Waals surface area contributed by atoms with Crippen molar-refractivity contribution >= 4 is 11.9 Å². The molecule has 12 heteroatoms. The topological polar surface area (TPSA) is 148 Å². The van der Waals surface area contributed by atoms with Crippen molar-refractivity contribution in [1.29, 1.82) is 0 Å². The van der Waals surface area contributed by atoms with Crippen molar-refractivity contribution in [2.75, 3.05) is 39.6 Å². The number of unbranched alkanes of at least 4 members (excludes halogenated alkanes) is 30. The van der Waals surface area contributed by atoms with Gasteiger partial charge in [0.05, 0.1) is 50.8 Å². The van der Waals surface area contributed by atoms with Crippen molar-refractivity contribution in [2.24, 2.45) is 0 Å². The molecule has 0 fully saturated rings. The number of hydrogen-bond donors (Lipinski definition) is 2.